The molecule has 0 aromatic heterocycles. The van der Waals surface area contributed by atoms with E-state index in [1.807, 2.05) is 6.08 Å². The molecule has 1 aromatic rings. The van der Waals surface area contributed by atoms with Crippen molar-refractivity contribution in [3.63, 3.8) is 0 Å². The highest BCUT2D eigenvalue weighted by Crippen LogP contribution is 2.41. The zero-order valence-electron chi connectivity index (χ0n) is 16.6. The minimum Gasteiger partial charge on any atom is -0.466 e. The maximum absolute atomic E-state index is 13.4. The number of carbonyl (C=O) groups excluding carboxylic acids is 2. The minimum absolute atomic E-state index is 0.0179. The lowest BCUT2D eigenvalue weighted by atomic mass is 9.73. The van der Waals surface area contributed by atoms with Crippen LogP contribution >= 0.6 is 0 Å². The van der Waals surface area contributed by atoms with Gasteiger partial charge in [-0.3, -0.25) is 9.59 Å². The van der Waals surface area contributed by atoms with Gasteiger partial charge in [-0.05, 0) is 57.1 Å². The van der Waals surface area contributed by atoms with Gasteiger partial charge in [-0.25, -0.2) is 0 Å². The van der Waals surface area contributed by atoms with Crippen LogP contribution in [0.4, 0.5) is 13.2 Å². The van der Waals surface area contributed by atoms with Crippen molar-refractivity contribution >= 4 is 11.9 Å². The Hall–Kier alpha value is -2.31. The lowest BCUT2D eigenvalue weighted by molar-refractivity contribution is -0.160. The van der Waals surface area contributed by atoms with Crippen molar-refractivity contribution in [3.8, 4) is 0 Å². The van der Waals surface area contributed by atoms with Crippen molar-refractivity contribution in [2.75, 3.05) is 19.7 Å². The summed E-state index contributed by atoms with van der Waals surface area (Å²) >= 11 is 0. The highest BCUT2D eigenvalue weighted by molar-refractivity contribution is 5.94. The molecule has 1 aliphatic carbocycles. The van der Waals surface area contributed by atoms with Crippen molar-refractivity contribution < 1.29 is 27.5 Å². The molecule has 0 spiro atoms. The van der Waals surface area contributed by atoms with Crippen LogP contribution < -0.4 is 0 Å². The molecule has 158 valence electrons. The smallest absolute Gasteiger partial charge is 0.416 e. The molecule has 7 heteroatoms. The van der Waals surface area contributed by atoms with E-state index in [0.29, 0.717) is 13.1 Å². The zero-order valence-corrected chi connectivity index (χ0v) is 16.6. The molecule has 0 atom stereocenters. The van der Waals surface area contributed by atoms with Crippen LogP contribution in [0.3, 0.4) is 0 Å². The molecule has 29 heavy (non-hydrogen) atoms. The molecule has 0 radical (unpaired) electrons. The molecule has 1 fully saturated rings. The summed E-state index contributed by atoms with van der Waals surface area (Å²) in [7, 11) is 0. The number of amides is 1. The molecular formula is C22H26F3NO3. The van der Waals surface area contributed by atoms with E-state index < -0.39 is 23.1 Å². The number of carbonyl (C=O) groups is 2. The second-order valence-corrected chi connectivity index (χ2v) is 7.75. The first kappa shape index (κ1) is 21.4. The number of hydrogen-bond acceptors (Lipinski definition) is 3. The fourth-order valence-corrected chi connectivity index (χ4v) is 4.26. The third-order valence-corrected chi connectivity index (χ3v) is 5.88. The number of rotatable bonds is 5. The molecule has 0 N–H and O–H groups in total. The number of hydrogen-bond donors (Lipinski definition) is 0. The fraction of sp³-hybridized carbons (Fsp3) is 0.545. The number of alkyl halides is 3. The van der Waals surface area contributed by atoms with Gasteiger partial charge >= 0.3 is 12.1 Å². The van der Waals surface area contributed by atoms with Gasteiger partial charge in [0.25, 0.3) is 0 Å². The second-order valence-electron chi connectivity index (χ2n) is 7.75. The molecule has 2 aliphatic rings. The van der Waals surface area contributed by atoms with E-state index in [2.05, 4.69) is 0 Å². The first-order valence-electron chi connectivity index (χ1n) is 10.1. The molecule has 1 aliphatic heterocycles. The van der Waals surface area contributed by atoms with E-state index in [1.54, 1.807) is 17.9 Å². The Morgan fingerprint density at radius 3 is 2.45 bits per heavy atom. The number of allylic oxidation sites excluding steroid dienone is 1. The molecule has 3 rings (SSSR count). The van der Waals surface area contributed by atoms with Gasteiger partial charge in [0.2, 0.25) is 5.91 Å². The standard InChI is InChI=1S/C22H26F3NO3/c1-2-29-20(28)21(15-17-9-5-6-10-18(17)22(23,24)25)11-13-26(14-12-21)19(27)16-7-3-4-8-16/h5-7,9-10H,2-4,8,11-15H2,1H3. The molecular weight excluding hydrogens is 383 g/mol. The molecule has 0 unspecified atom stereocenters. The third-order valence-electron chi connectivity index (χ3n) is 5.88. The van der Waals surface area contributed by atoms with Gasteiger partial charge in [0, 0.05) is 18.7 Å². The van der Waals surface area contributed by atoms with Crippen LogP contribution in [0.1, 0.15) is 50.2 Å². The van der Waals surface area contributed by atoms with Gasteiger partial charge < -0.3 is 9.64 Å². The van der Waals surface area contributed by atoms with Gasteiger partial charge in [-0.1, -0.05) is 24.3 Å². The van der Waals surface area contributed by atoms with Crippen molar-refractivity contribution in [2.24, 2.45) is 5.41 Å². The highest BCUT2D eigenvalue weighted by Gasteiger charge is 2.45. The predicted molar refractivity (Wildman–Crippen MR) is 102 cm³/mol. The van der Waals surface area contributed by atoms with Crippen LogP contribution in [0.2, 0.25) is 0 Å². The normalized spacial score (nSPS) is 19.0. The van der Waals surface area contributed by atoms with Gasteiger partial charge in [-0.15, -0.1) is 0 Å². The van der Waals surface area contributed by atoms with Crippen LogP contribution in [-0.4, -0.2) is 36.5 Å². The second kappa shape index (κ2) is 8.59. The third kappa shape index (κ3) is 4.65. The van der Waals surface area contributed by atoms with E-state index in [0.717, 1.165) is 30.9 Å². The molecule has 0 bridgehead atoms. The summed E-state index contributed by atoms with van der Waals surface area (Å²) in [5, 5.41) is 0. The largest absolute Gasteiger partial charge is 0.466 e. The summed E-state index contributed by atoms with van der Waals surface area (Å²) in [6.07, 6.45) is 0.622. The number of benzene rings is 1. The van der Waals surface area contributed by atoms with Crippen LogP contribution in [-0.2, 0) is 26.9 Å². The number of halogens is 3. The predicted octanol–water partition coefficient (Wildman–Crippen LogP) is 4.53. The monoisotopic (exact) mass is 409 g/mol. The summed E-state index contributed by atoms with van der Waals surface area (Å²) in [5.41, 5.74) is -0.890. The van der Waals surface area contributed by atoms with Crippen molar-refractivity contribution in [2.45, 2.75) is 51.6 Å². The Morgan fingerprint density at radius 1 is 1.17 bits per heavy atom. The molecule has 0 saturated carbocycles. The van der Waals surface area contributed by atoms with Gasteiger partial charge in [0.1, 0.15) is 0 Å². The van der Waals surface area contributed by atoms with Gasteiger partial charge in [-0.2, -0.15) is 13.2 Å². The average molecular weight is 409 g/mol. The fourth-order valence-electron chi connectivity index (χ4n) is 4.26. The summed E-state index contributed by atoms with van der Waals surface area (Å²) in [4.78, 5) is 27.2. The van der Waals surface area contributed by atoms with E-state index in [9.17, 15) is 22.8 Å². The molecule has 1 saturated heterocycles. The lowest BCUT2D eigenvalue weighted by Crippen LogP contribution is -2.48. The number of ether oxygens (including phenoxy) is 1. The van der Waals surface area contributed by atoms with Crippen molar-refractivity contribution in [1.82, 2.24) is 4.90 Å². The summed E-state index contributed by atoms with van der Waals surface area (Å²) in [5.74, 6) is -0.500. The Morgan fingerprint density at radius 2 is 1.86 bits per heavy atom. The SMILES string of the molecule is CCOC(=O)C1(Cc2ccccc2C(F)(F)F)CCN(C(=O)C2=CCCC2)CC1. The van der Waals surface area contributed by atoms with Crippen molar-refractivity contribution in [3.05, 3.63) is 47.0 Å². The number of likely N-dealkylation sites (tertiary alicyclic amines) is 1. The molecule has 4 nitrogen and oxygen atoms in total. The Bertz CT molecular complexity index is 793. The highest BCUT2D eigenvalue weighted by atomic mass is 19.4. The van der Waals surface area contributed by atoms with E-state index in [1.165, 1.54) is 12.1 Å². The van der Waals surface area contributed by atoms with Crippen LogP contribution in [0.5, 0.6) is 0 Å². The summed E-state index contributed by atoms with van der Waals surface area (Å²) in [6.45, 7) is 2.52. The minimum atomic E-state index is -4.49. The molecule has 1 heterocycles. The zero-order chi connectivity index (χ0) is 21.1. The van der Waals surface area contributed by atoms with Crippen LogP contribution in [0.25, 0.3) is 0 Å². The van der Waals surface area contributed by atoms with E-state index in [-0.39, 0.29) is 37.3 Å². The maximum atomic E-state index is 13.4. The molecule has 1 amide bonds. The summed E-state index contributed by atoms with van der Waals surface area (Å²) < 4.78 is 45.6. The number of piperidine rings is 1. The van der Waals surface area contributed by atoms with Gasteiger partial charge in [0.15, 0.2) is 0 Å². The number of nitrogens with zero attached hydrogens (tertiary/aromatic N) is 1. The topological polar surface area (TPSA) is 46.6 Å². The van der Waals surface area contributed by atoms with Crippen molar-refractivity contribution in [1.29, 1.82) is 0 Å². The van der Waals surface area contributed by atoms with Crippen LogP contribution in [0.15, 0.2) is 35.9 Å². The summed E-state index contributed by atoms with van der Waals surface area (Å²) in [6, 6.07) is 5.36. The van der Waals surface area contributed by atoms with E-state index >= 15 is 0 Å². The maximum Gasteiger partial charge on any atom is 0.416 e. The first-order valence-corrected chi connectivity index (χ1v) is 10.1. The Kier molecular flexibility index (Phi) is 6.34. The Labute approximate surface area is 168 Å². The van der Waals surface area contributed by atoms with Crippen LogP contribution in [0, 0.1) is 5.41 Å². The van der Waals surface area contributed by atoms with E-state index in [4.69, 9.17) is 4.74 Å². The molecule has 1 aromatic carbocycles. The van der Waals surface area contributed by atoms with Gasteiger partial charge in [0.05, 0.1) is 17.6 Å². The quantitative estimate of drug-likeness (QED) is 0.672. The number of esters is 1. The Balaban J connectivity index is 1.82. The first-order chi connectivity index (χ1) is 13.8. The lowest BCUT2D eigenvalue weighted by Gasteiger charge is -2.40. The average Bonchev–Trinajstić information content (AvgIpc) is 3.22.